The van der Waals surface area contributed by atoms with E-state index in [1.54, 1.807) is 24.3 Å². The molecule has 3 aromatic carbocycles. The Hall–Kier alpha value is -3.35. The number of rotatable bonds is 2. The highest BCUT2D eigenvalue weighted by atomic mass is 19.2. The summed E-state index contributed by atoms with van der Waals surface area (Å²) in [6.07, 6.45) is -0.208. The smallest absolute Gasteiger partial charge is 0.291 e. The molecule has 3 aromatic rings. The average molecular weight is 357 g/mol. The maximum atomic E-state index is 14.1. The van der Waals surface area contributed by atoms with E-state index in [1.165, 1.54) is 6.08 Å². The van der Waals surface area contributed by atoms with Gasteiger partial charge in [-0.05, 0) is 22.9 Å². The number of nitrogens with zero attached hydrogens (tertiary/aromatic N) is 1. The van der Waals surface area contributed by atoms with Gasteiger partial charge < -0.3 is 4.74 Å². The van der Waals surface area contributed by atoms with Gasteiger partial charge in [-0.1, -0.05) is 30.3 Å². The van der Waals surface area contributed by atoms with E-state index in [4.69, 9.17) is 4.74 Å². The molecule has 1 unspecified atom stereocenters. The molecule has 0 amide bonds. The summed E-state index contributed by atoms with van der Waals surface area (Å²) in [5, 5.41) is 13.1. The SMILES string of the molecule is O=[N+]([O-])C1=Cc2c(ccc3ccccc23)OC1c1cc(F)c(F)cc1F. The Morgan fingerprint density at radius 1 is 0.962 bits per heavy atom. The minimum atomic E-state index is -1.49. The summed E-state index contributed by atoms with van der Waals surface area (Å²) in [5.74, 6) is -3.51. The standard InChI is InChI=1S/C19H10F3NO3/c20-14-9-16(22)15(21)7-13(14)19-17(23(24)25)8-12-11-4-2-1-3-10(11)5-6-18(12)26-19/h1-9,19H. The molecule has 1 aliphatic heterocycles. The van der Waals surface area contributed by atoms with Crippen molar-refractivity contribution >= 4 is 16.8 Å². The third-order valence-corrected chi connectivity index (χ3v) is 4.27. The second-order valence-electron chi connectivity index (χ2n) is 5.81. The van der Waals surface area contributed by atoms with Crippen LogP contribution in [0.1, 0.15) is 17.2 Å². The molecular formula is C19H10F3NO3. The van der Waals surface area contributed by atoms with Crippen LogP contribution in [0.25, 0.3) is 16.8 Å². The van der Waals surface area contributed by atoms with E-state index in [2.05, 4.69) is 0 Å². The molecule has 1 aliphatic rings. The normalized spacial score (nSPS) is 16.0. The molecule has 0 aromatic heterocycles. The zero-order valence-electron chi connectivity index (χ0n) is 13.1. The quantitative estimate of drug-likeness (QED) is 0.368. The van der Waals surface area contributed by atoms with Crippen LogP contribution >= 0.6 is 0 Å². The lowest BCUT2D eigenvalue weighted by Crippen LogP contribution is -2.21. The van der Waals surface area contributed by atoms with Crippen molar-refractivity contribution in [3.63, 3.8) is 0 Å². The monoisotopic (exact) mass is 357 g/mol. The van der Waals surface area contributed by atoms with Crippen LogP contribution in [0.4, 0.5) is 13.2 Å². The van der Waals surface area contributed by atoms with Gasteiger partial charge in [0.25, 0.3) is 5.70 Å². The first-order valence-electron chi connectivity index (χ1n) is 7.64. The lowest BCUT2D eigenvalue weighted by Gasteiger charge is -2.24. The molecule has 0 aliphatic carbocycles. The fourth-order valence-corrected chi connectivity index (χ4v) is 3.05. The molecule has 0 radical (unpaired) electrons. The molecular weight excluding hydrogens is 347 g/mol. The van der Waals surface area contributed by atoms with Crippen LogP contribution in [-0.2, 0) is 0 Å². The molecule has 0 bridgehead atoms. The molecule has 4 nitrogen and oxygen atoms in total. The summed E-state index contributed by atoms with van der Waals surface area (Å²) in [6.45, 7) is 0. The number of hydrogen-bond donors (Lipinski definition) is 0. The first-order chi connectivity index (χ1) is 12.5. The highest BCUT2D eigenvalue weighted by Gasteiger charge is 2.36. The molecule has 0 saturated carbocycles. The Bertz CT molecular complexity index is 1090. The van der Waals surface area contributed by atoms with Gasteiger partial charge in [-0.2, -0.15) is 0 Å². The van der Waals surface area contributed by atoms with Crippen LogP contribution in [0.2, 0.25) is 0 Å². The highest BCUT2D eigenvalue weighted by molar-refractivity contribution is 5.93. The Kier molecular flexibility index (Phi) is 3.64. The van der Waals surface area contributed by atoms with E-state index >= 15 is 0 Å². The van der Waals surface area contributed by atoms with Crippen molar-refractivity contribution < 1.29 is 22.8 Å². The van der Waals surface area contributed by atoms with Crippen molar-refractivity contribution in [1.82, 2.24) is 0 Å². The van der Waals surface area contributed by atoms with Gasteiger partial charge in [-0.25, -0.2) is 13.2 Å². The fraction of sp³-hybridized carbons (Fsp3) is 0.0526. The number of fused-ring (bicyclic) bond motifs is 3. The van der Waals surface area contributed by atoms with Crippen LogP contribution in [0, 0.1) is 27.6 Å². The van der Waals surface area contributed by atoms with Crippen molar-refractivity contribution in [3.05, 3.63) is 92.9 Å². The molecule has 0 saturated heterocycles. The predicted octanol–water partition coefficient (Wildman–Crippen LogP) is 5.01. The maximum Gasteiger partial charge on any atom is 0.291 e. The molecule has 1 atom stereocenters. The second-order valence-corrected chi connectivity index (χ2v) is 5.81. The van der Waals surface area contributed by atoms with Gasteiger partial charge in [0.05, 0.1) is 4.92 Å². The number of ether oxygens (including phenoxy) is 1. The molecule has 0 fully saturated rings. The Morgan fingerprint density at radius 2 is 1.69 bits per heavy atom. The summed E-state index contributed by atoms with van der Waals surface area (Å²) in [5.41, 5.74) is -0.418. The largest absolute Gasteiger partial charge is 0.474 e. The summed E-state index contributed by atoms with van der Waals surface area (Å²) in [6, 6.07) is 11.5. The highest BCUT2D eigenvalue weighted by Crippen LogP contribution is 2.41. The summed E-state index contributed by atoms with van der Waals surface area (Å²) >= 11 is 0. The lowest BCUT2D eigenvalue weighted by atomic mass is 9.96. The lowest BCUT2D eigenvalue weighted by molar-refractivity contribution is -0.434. The van der Waals surface area contributed by atoms with E-state index in [1.807, 2.05) is 12.1 Å². The molecule has 0 N–H and O–H groups in total. The number of hydrogen-bond acceptors (Lipinski definition) is 3. The first kappa shape index (κ1) is 16.1. The fourth-order valence-electron chi connectivity index (χ4n) is 3.05. The van der Waals surface area contributed by atoms with E-state index in [0.717, 1.165) is 10.8 Å². The van der Waals surface area contributed by atoms with E-state index in [-0.39, 0.29) is 0 Å². The van der Waals surface area contributed by atoms with Crippen molar-refractivity contribution in [2.24, 2.45) is 0 Å². The molecule has 130 valence electrons. The van der Waals surface area contributed by atoms with Crippen LogP contribution in [0.5, 0.6) is 5.75 Å². The Morgan fingerprint density at radius 3 is 2.46 bits per heavy atom. The van der Waals surface area contributed by atoms with Crippen molar-refractivity contribution in [3.8, 4) is 5.75 Å². The number of nitro groups is 1. The van der Waals surface area contributed by atoms with Gasteiger partial charge in [0.15, 0.2) is 11.6 Å². The molecule has 7 heteroatoms. The van der Waals surface area contributed by atoms with Crippen LogP contribution in [0.3, 0.4) is 0 Å². The Labute approximate surface area is 145 Å². The van der Waals surface area contributed by atoms with Gasteiger partial charge in [-0.3, -0.25) is 10.1 Å². The van der Waals surface area contributed by atoms with Gasteiger partial charge in [-0.15, -0.1) is 0 Å². The maximum absolute atomic E-state index is 14.1. The summed E-state index contributed by atoms with van der Waals surface area (Å²) in [4.78, 5) is 10.8. The minimum absolute atomic E-state index is 0.295. The minimum Gasteiger partial charge on any atom is -0.474 e. The van der Waals surface area contributed by atoms with Crippen molar-refractivity contribution in [2.45, 2.75) is 6.10 Å². The Balaban J connectivity index is 1.93. The number of halogens is 3. The molecule has 0 spiro atoms. The third kappa shape index (κ3) is 2.48. The molecule has 4 rings (SSSR count). The van der Waals surface area contributed by atoms with Crippen LogP contribution < -0.4 is 4.74 Å². The van der Waals surface area contributed by atoms with E-state index in [9.17, 15) is 23.3 Å². The van der Waals surface area contributed by atoms with Crippen LogP contribution in [-0.4, -0.2) is 4.92 Å². The predicted molar refractivity (Wildman–Crippen MR) is 88.6 cm³/mol. The topological polar surface area (TPSA) is 52.4 Å². The van der Waals surface area contributed by atoms with Gasteiger partial charge in [0.2, 0.25) is 6.10 Å². The van der Waals surface area contributed by atoms with Gasteiger partial charge in [0, 0.05) is 23.3 Å². The zero-order chi connectivity index (χ0) is 18.4. The summed E-state index contributed by atoms with van der Waals surface area (Å²) in [7, 11) is 0. The van der Waals surface area contributed by atoms with Crippen molar-refractivity contribution in [1.29, 1.82) is 0 Å². The average Bonchev–Trinajstić information content (AvgIpc) is 2.63. The van der Waals surface area contributed by atoms with E-state index in [0.29, 0.717) is 23.4 Å². The van der Waals surface area contributed by atoms with Gasteiger partial charge in [0.1, 0.15) is 11.6 Å². The molecule has 1 heterocycles. The van der Waals surface area contributed by atoms with Crippen molar-refractivity contribution in [2.75, 3.05) is 0 Å². The first-order valence-corrected chi connectivity index (χ1v) is 7.64. The second kappa shape index (κ2) is 5.87. The van der Waals surface area contributed by atoms with E-state index < -0.39 is 39.7 Å². The molecule has 26 heavy (non-hydrogen) atoms. The van der Waals surface area contributed by atoms with Gasteiger partial charge >= 0.3 is 0 Å². The zero-order valence-corrected chi connectivity index (χ0v) is 13.1. The summed E-state index contributed by atoms with van der Waals surface area (Å²) < 4.78 is 46.5. The third-order valence-electron chi connectivity index (χ3n) is 4.27. The van der Waals surface area contributed by atoms with Crippen LogP contribution in [0.15, 0.2) is 54.2 Å². The number of benzene rings is 3.